The fraction of sp³-hybridized carbons (Fsp3) is 0.889. The molecule has 84 valence electrons. The number of hydrogen-bond donors (Lipinski definition) is 2. The van der Waals surface area contributed by atoms with Gasteiger partial charge >= 0.3 is 0 Å². The summed E-state index contributed by atoms with van der Waals surface area (Å²) in [6, 6.07) is 0. The predicted molar refractivity (Wildman–Crippen MR) is 54.2 cm³/mol. The van der Waals surface area contributed by atoms with Crippen LogP contribution in [0.5, 0.6) is 0 Å². The van der Waals surface area contributed by atoms with Crippen molar-refractivity contribution in [3.05, 3.63) is 0 Å². The van der Waals surface area contributed by atoms with Crippen LogP contribution in [0.2, 0.25) is 0 Å². The minimum atomic E-state index is 0.00491. The SMILES string of the molecule is CNC(=O)CNCCCOCCOC. The second-order valence-corrected chi connectivity index (χ2v) is 2.81. The first kappa shape index (κ1) is 13.4. The van der Waals surface area contributed by atoms with Crippen LogP contribution >= 0.6 is 0 Å². The Balaban J connectivity index is 2.95. The van der Waals surface area contributed by atoms with Gasteiger partial charge in [-0.05, 0) is 13.0 Å². The molecule has 0 bridgehead atoms. The second-order valence-electron chi connectivity index (χ2n) is 2.81. The Morgan fingerprint density at radius 2 is 2.07 bits per heavy atom. The first-order valence-electron chi connectivity index (χ1n) is 4.79. The van der Waals surface area contributed by atoms with Gasteiger partial charge in [-0.2, -0.15) is 0 Å². The smallest absolute Gasteiger partial charge is 0.233 e. The highest BCUT2D eigenvalue weighted by Crippen LogP contribution is 1.81. The van der Waals surface area contributed by atoms with Gasteiger partial charge in [0.2, 0.25) is 5.91 Å². The average molecular weight is 204 g/mol. The third-order valence-electron chi connectivity index (χ3n) is 1.64. The van der Waals surface area contributed by atoms with Crippen LogP contribution in [0, 0.1) is 0 Å². The van der Waals surface area contributed by atoms with E-state index in [4.69, 9.17) is 9.47 Å². The fourth-order valence-electron chi connectivity index (χ4n) is 0.834. The third kappa shape index (κ3) is 9.44. The first-order valence-corrected chi connectivity index (χ1v) is 4.79. The van der Waals surface area contributed by atoms with Gasteiger partial charge in [-0.3, -0.25) is 4.79 Å². The summed E-state index contributed by atoms with van der Waals surface area (Å²) in [5.41, 5.74) is 0. The van der Waals surface area contributed by atoms with Gasteiger partial charge in [-0.1, -0.05) is 0 Å². The summed E-state index contributed by atoms with van der Waals surface area (Å²) in [7, 11) is 3.27. The molecular weight excluding hydrogens is 184 g/mol. The molecule has 0 aromatic carbocycles. The summed E-state index contributed by atoms with van der Waals surface area (Å²) in [6.45, 7) is 3.12. The van der Waals surface area contributed by atoms with Gasteiger partial charge in [0.15, 0.2) is 0 Å². The molecule has 0 saturated heterocycles. The quantitative estimate of drug-likeness (QED) is 0.491. The van der Waals surface area contributed by atoms with Gasteiger partial charge in [0, 0.05) is 20.8 Å². The van der Waals surface area contributed by atoms with E-state index in [0.717, 1.165) is 13.0 Å². The molecule has 0 aliphatic carbocycles. The lowest BCUT2D eigenvalue weighted by molar-refractivity contribution is -0.119. The van der Waals surface area contributed by atoms with Crippen molar-refractivity contribution in [3.8, 4) is 0 Å². The van der Waals surface area contributed by atoms with E-state index in [0.29, 0.717) is 26.4 Å². The zero-order valence-electron chi connectivity index (χ0n) is 8.97. The molecule has 0 aliphatic heterocycles. The Labute approximate surface area is 85.1 Å². The van der Waals surface area contributed by atoms with E-state index < -0.39 is 0 Å². The summed E-state index contributed by atoms with van der Waals surface area (Å²) < 4.78 is 10.1. The molecule has 5 nitrogen and oxygen atoms in total. The number of rotatable bonds is 9. The molecule has 0 saturated carbocycles. The summed E-state index contributed by atoms with van der Waals surface area (Å²) in [5, 5.41) is 5.54. The topological polar surface area (TPSA) is 59.6 Å². The lowest BCUT2D eigenvalue weighted by atomic mass is 10.4. The van der Waals surface area contributed by atoms with Gasteiger partial charge in [-0.15, -0.1) is 0 Å². The maximum absolute atomic E-state index is 10.8. The molecule has 0 radical (unpaired) electrons. The maximum atomic E-state index is 10.8. The number of ether oxygens (including phenoxy) is 2. The fourth-order valence-corrected chi connectivity index (χ4v) is 0.834. The van der Waals surface area contributed by atoms with Crippen LogP contribution in [0.15, 0.2) is 0 Å². The number of carbonyl (C=O) groups excluding carboxylic acids is 1. The largest absolute Gasteiger partial charge is 0.382 e. The number of hydrogen-bond acceptors (Lipinski definition) is 4. The third-order valence-corrected chi connectivity index (χ3v) is 1.64. The number of carbonyl (C=O) groups is 1. The van der Waals surface area contributed by atoms with Crippen LogP contribution in [-0.4, -0.2) is 53.0 Å². The molecule has 0 spiro atoms. The van der Waals surface area contributed by atoms with E-state index in [2.05, 4.69) is 10.6 Å². The summed E-state index contributed by atoms with van der Waals surface area (Å²) >= 11 is 0. The molecule has 2 N–H and O–H groups in total. The number of amides is 1. The van der Waals surface area contributed by atoms with Gasteiger partial charge in [-0.25, -0.2) is 0 Å². The molecule has 0 heterocycles. The molecule has 0 fully saturated rings. The van der Waals surface area contributed by atoms with Gasteiger partial charge in [0.05, 0.1) is 19.8 Å². The zero-order chi connectivity index (χ0) is 10.6. The molecule has 0 rings (SSSR count). The maximum Gasteiger partial charge on any atom is 0.233 e. The minimum absolute atomic E-state index is 0.00491. The Kier molecular flexibility index (Phi) is 9.95. The highest BCUT2D eigenvalue weighted by molar-refractivity contribution is 5.77. The molecule has 0 unspecified atom stereocenters. The second kappa shape index (κ2) is 10.4. The summed E-state index contributed by atoms with van der Waals surface area (Å²) in [5.74, 6) is 0.00491. The molecule has 0 aliphatic rings. The minimum Gasteiger partial charge on any atom is -0.382 e. The number of nitrogens with one attached hydrogen (secondary N) is 2. The van der Waals surface area contributed by atoms with E-state index in [1.165, 1.54) is 0 Å². The zero-order valence-corrected chi connectivity index (χ0v) is 8.97. The Morgan fingerprint density at radius 1 is 1.29 bits per heavy atom. The standard InChI is InChI=1S/C9H20N2O3/c1-10-9(12)8-11-4-3-5-14-7-6-13-2/h11H,3-8H2,1-2H3,(H,10,12). The predicted octanol–water partition coefficient (Wildman–Crippen LogP) is -0.625. The van der Waals surface area contributed by atoms with Gasteiger partial charge in [0.25, 0.3) is 0 Å². The van der Waals surface area contributed by atoms with Gasteiger partial charge in [0.1, 0.15) is 0 Å². The first-order chi connectivity index (χ1) is 6.81. The molecule has 0 aromatic rings. The van der Waals surface area contributed by atoms with E-state index >= 15 is 0 Å². The Hall–Kier alpha value is -0.650. The Morgan fingerprint density at radius 3 is 2.71 bits per heavy atom. The molecule has 0 aromatic heterocycles. The van der Waals surface area contributed by atoms with Crippen molar-refractivity contribution in [1.29, 1.82) is 0 Å². The van der Waals surface area contributed by atoms with Crippen molar-refractivity contribution in [2.75, 3.05) is 47.1 Å². The normalized spacial score (nSPS) is 10.1. The van der Waals surface area contributed by atoms with E-state index in [1.54, 1.807) is 14.2 Å². The van der Waals surface area contributed by atoms with E-state index in [9.17, 15) is 4.79 Å². The molecular formula is C9H20N2O3. The number of likely N-dealkylation sites (N-methyl/N-ethyl adjacent to an activating group) is 1. The van der Waals surface area contributed by atoms with Gasteiger partial charge < -0.3 is 20.1 Å². The molecule has 1 amide bonds. The van der Waals surface area contributed by atoms with Crippen molar-refractivity contribution in [2.24, 2.45) is 0 Å². The van der Waals surface area contributed by atoms with Crippen LogP contribution in [0.1, 0.15) is 6.42 Å². The summed E-state index contributed by atoms with van der Waals surface area (Å²) in [4.78, 5) is 10.8. The molecule has 14 heavy (non-hydrogen) atoms. The lowest BCUT2D eigenvalue weighted by Gasteiger charge is -2.04. The molecule has 5 heteroatoms. The van der Waals surface area contributed by atoms with E-state index in [1.807, 2.05) is 0 Å². The number of methoxy groups -OCH3 is 1. The van der Waals surface area contributed by atoms with Crippen LogP contribution in [0.3, 0.4) is 0 Å². The van der Waals surface area contributed by atoms with Crippen LogP contribution < -0.4 is 10.6 Å². The van der Waals surface area contributed by atoms with Crippen molar-refractivity contribution >= 4 is 5.91 Å². The summed E-state index contributed by atoms with van der Waals surface area (Å²) in [6.07, 6.45) is 0.903. The lowest BCUT2D eigenvalue weighted by Crippen LogP contribution is -2.32. The van der Waals surface area contributed by atoms with Crippen LogP contribution in [-0.2, 0) is 14.3 Å². The van der Waals surface area contributed by atoms with E-state index in [-0.39, 0.29) is 5.91 Å². The average Bonchev–Trinajstić information content (AvgIpc) is 2.21. The van der Waals surface area contributed by atoms with Crippen molar-refractivity contribution in [2.45, 2.75) is 6.42 Å². The highest BCUT2D eigenvalue weighted by Gasteiger charge is 1.95. The van der Waals surface area contributed by atoms with Crippen molar-refractivity contribution in [1.82, 2.24) is 10.6 Å². The highest BCUT2D eigenvalue weighted by atomic mass is 16.5. The van der Waals surface area contributed by atoms with Crippen molar-refractivity contribution in [3.63, 3.8) is 0 Å². The monoisotopic (exact) mass is 204 g/mol. The Bertz CT molecular complexity index is 142. The molecule has 0 atom stereocenters. The van der Waals surface area contributed by atoms with Crippen molar-refractivity contribution < 1.29 is 14.3 Å². The van der Waals surface area contributed by atoms with Crippen LogP contribution in [0.4, 0.5) is 0 Å². The van der Waals surface area contributed by atoms with Crippen LogP contribution in [0.25, 0.3) is 0 Å².